The monoisotopic (exact) mass is 549 g/mol. The fourth-order valence-electron chi connectivity index (χ4n) is 4.21. The molecular weight excluding hydrogens is 529 g/mol. The van der Waals surface area contributed by atoms with Gasteiger partial charge in [0, 0.05) is 40.3 Å². The summed E-state index contributed by atoms with van der Waals surface area (Å²) in [5.74, 6) is 0.0138. The van der Waals surface area contributed by atoms with Crippen molar-refractivity contribution in [3.8, 4) is 22.6 Å². The van der Waals surface area contributed by atoms with E-state index in [0.717, 1.165) is 0 Å². The highest BCUT2D eigenvalue weighted by Gasteiger charge is 2.23. The largest absolute Gasteiger partial charge is 0.495 e. The molecule has 12 heteroatoms. The molecule has 3 heterocycles. The van der Waals surface area contributed by atoms with Gasteiger partial charge in [-0.15, -0.1) is 5.10 Å². The Bertz CT molecular complexity index is 1720. The molecule has 5 rings (SSSR count). The zero-order valence-electron chi connectivity index (χ0n) is 20.3. The van der Waals surface area contributed by atoms with E-state index in [1.807, 2.05) is 6.92 Å². The molecule has 2 aromatic carbocycles. The van der Waals surface area contributed by atoms with Crippen LogP contribution in [0.3, 0.4) is 0 Å². The molecule has 0 saturated heterocycles. The van der Waals surface area contributed by atoms with Crippen molar-refractivity contribution in [3.05, 3.63) is 87.8 Å². The molecule has 1 atom stereocenters. The standard InChI is InChI=1S/C26H21Cl2N7O3/c1-3-21(26(37)31-16-5-6-19-20(11-16)30-9-8-29-19)34-13-23(38-2)18(12-25(34)36)17-10-15(27)4-7-22(17)35-14-24(28)32-33-35/h4-14,21H,3H2,1-2H3,(H,31,37)/t21-/m0/s1. The van der Waals surface area contributed by atoms with E-state index in [9.17, 15) is 9.59 Å². The van der Waals surface area contributed by atoms with E-state index in [-0.39, 0.29) is 11.1 Å². The predicted molar refractivity (Wildman–Crippen MR) is 145 cm³/mol. The second-order valence-electron chi connectivity index (χ2n) is 8.32. The highest BCUT2D eigenvalue weighted by Crippen LogP contribution is 2.35. The number of halogens is 2. The van der Waals surface area contributed by atoms with Gasteiger partial charge in [0.25, 0.3) is 5.56 Å². The Morgan fingerprint density at radius 3 is 2.53 bits per heavy atom. The van der Waals surface area contributed by atoms with Crippen LogP contribution in [0.5, 0.6) is 5.75 Å². The van der Waals surface area contributed by atoms with Crippen LogP contribution in [0.2, 0.25) is 10.2 Å². The Kier molecular flexibility index (Phi) is 7.08. The summed E-state index contributed by atoms with van der Waals surface area (Å²) in [6, 6.07) is 11.0. The topological polar surface area (TPSA) is 117 Å². The summed E-state index contributed by atoms with van der Waals surface area (Å²) >= 11 is 12.3. The molecule has 38 heavy (non-hydrogen) atoms. The summed E-state index contributed by atoms with van der Waals surface area (Å²) in [5, 5.41) is 11.4. The number of hydrogen-bond donors (Lipinski definition) is 1. The molecule has 0 spiro atoms. The number of carbonyl (C=O) groups excluding carboxylic acids is 1. The van der Waals surface area contributed by atoms with E-state index >= 15 is 0 Å². The predicted octanol–water partition coefficient (Wildman–Crippen LogP) is 4.94. The molecular formula is C26H21Cl2N7O3. The number of amides is 1. The second kappa shape index (κ2) is 10.6. The first-order chi connectivity index (χ1) is 18.4. The van der Waals surface area contributed by atoms with E-state index in [1.165, 1.54) is 34.8 Å². The van der Waals surface area contributed by atoms with Gasteiger partial charge in [0.1, 0.15) is 11.8 Å². The molecule has 1 amide bonds. The Morgan fingerprint density at radius 1 is 1.03 bits per heavy atom. The van der Waals surface area contributed by atoms with Gasteiger partial charge in [-0.25, -0.2) is 4.68 Å². The first-order valence-corrected chi connectivity index (χ1v) is 12.3. The smallest absolute Gasteiger partial charge is 0.252 e. The summed E-state index contributed by atoms with van der Waals surface area (Å²) in [7, 11) is 1.49. The summed E-state index contributed by atoms with van der Waals surface area (Å²) < 4.78 is 8.49. The maximum absolute atomic E-state index is 13.4. The van der Waals surface area contributed by atoms with E-state index in [1.54, 1.807) is 48.8 Å². The van der Waals surface area contributed by atoms with E-state index in [2.05, 4.69) is 25.6 Å². The lowest BCUT2D eigenvalue weighted by Crippen LogP contribution is -2.32. The number of rotatable bonds is 7. The molecule has 0 aliphatic rings. The Balaban J connectivity index is 1.52. The van der Waals surface area contributed by atoms with Crippen LogP contribution in [-0.4, -0.2) is 42.5 Å². The number of nitrogens with zero attached hydrogens (tertiary/aromatic N) is 6. The van der Waals surface area contributed by atoms with E-state index in [0.29, 0.717) is 50.7 Å². The number of anilines is 1. The van der Waals surface area contributed by atoms with Crippen LogP contribution >= 0.6 is 23.2 Å². The number of fused-ring (bicyclic) bond motifs is 1. The first-order valence-electron chi connectivity index (χ1n) is 11.6. The zero-order valence-corrected chi connectivity index (χ0v) is 21.8. The molecule has 192 valence electrons. The highest BCUT2D eigenvalue weighted by molar-refractivity contribution is 6.31. The van der Waals surface area contributed by atoms with Crippen LogP contribution in [0.15, 0.2) is 72.0 Å². The minimum absolute atomic E-state index is 0.212. The molecule has 0 unspecified atom stereocenters. The van der Waals surface area contributed by atoms with Gasteiger partial charge in [0.2, 0.25) is 5.91 Å². The quantitative estimate of drug-likeness (QED) is 0.305. The van der Waals surface area contributed by atoms with Crippen LogP contribution in [0.1, 0.15) is 19.4 Å². The molecule has 0 aliphatic carbocycles. The van der Waals surface area contributed by atoms with Gasteiger partial charge in [-0.05, 0) is 42.8 Å². The van der Waals surface area contributed by atoms with Gasteiger partial charge >= 0.3 is 0 Å². The molecule has 10 nitrogen and oxygen atoms in total. The van der Waals surface area contributed by atoms with Crippen molar-refractivity contribution in [2.45, 2.75) is 19.4 Å². The van der Waals surface area contributed by atoms with Crippen molar-refractivity contribution in [1.82, 2.24) is 29.5 Å². The number of hydrogen-bond acceptors (Lipinski definition) is 7. The van der Waals surface area contributed by atoms with Crippen molar-refractivity contribution >= 4 is 45.8 Å². The maximum Gasteiger partial charge on any atom is 0.252 e. The van der Waals surface area contributed by atoms with Gasteiger partial charge in [-0.3, -0.25) is 24.1 Å². The van der Waals surface area contributed by atoms with Gasteiger partial charge in [-0.1, -0.05) is 35.3 Å². The Morgan fingerprint density at radius 2 is 1.82 bits per heavy atom. The van der Waals surface area contributed by atoms with Crippen molar-refractivity contribution in [2.75, 3.05) is 12.4 Å². The van der Waals surface area contributed by atoms with Gasteiger partial charge in [0.15, 0.2) is 5.15 Å². The van der Waals surface area contributed by atoms with Crippen molar-refractivity contribution in [1.29, 1.82) is 0 Å². The summed E-state index contributed by atoms with van der Waals surface area (Å²) in [4.78, 5) is 35.2. The number of aromatic nitrogens is 6. The SMILES string of the molecule is CC[C@@H](C(=O)Nc1ccc2nccnc2c1)n1cc(OC)c(-c2cc(Cl)ccc2-n2cc(Cl)nn2)cc1=O. The summed E-state index contributed by atoms with van der Waals surface area (Å²) in [6.45, 7) is 1.83. The van der Waals surface area contributed by atoms with Crippen LogP contribution in [0.25, 0.3) is 27.8 Å². The third-order valence-electron chi connectivity index (χ3n) is 5.99. The van der Waals surface area contributed by atoms with Crippen LogP contribution in [0.4, 0.5) is 5.69 Å². The number of methoxy groups -OCH3 is 1. The fourth-order valence-corrected chi connectivity index (χ4v) is 4.50. The van der Waals surface area contributed by atoms with Crippen molar-refractivity contribution in [3.63, 3.8) is 0 Å². The number of carbonyl (C=O) groups is 1. The molecule has 0 aliphatic heterocycles. The van der Waals surface area contributed by atoms with Gasteiger partial charge in [0.05, 0.1) is 36.2 Å². The fraction of sp³-hybridized carbons (Fsp3) is 0.154. The minimum atomic E-state index is -0.795. The average molecular weight is 550 g/mol. The lowest BCUT2D eigenvalue weighted by molar-refractivity contribution is -0.119. The molecule has 1 N–H and O–H groups in total. The van der Waals surface area contributed by atoms with Crippen molar-refractivity contribution in [2.24, 2.45) is 0 Å². The molecule has 0 saturated carbocycles. The second-order valence-corrected chi connectivity index (χ2v) is 9.15. The molecule has 3 aromatic heterocycles. The Labute approximate surface area is 226 Å². The van der Waals surface area contributed by atoms with Crippen LogP contribution < -0.4 is 15.6 Å². The highest BCUT2D eigenvalue weighted by atomic mass is 35.5. The summed E-state index contributed by atoms with van der Waals surface area (Å²) in [6.07, 6.45) is 6.61. The average Bonchev–Trinajstić information content (AvgIpc) is 3.35. The van der Waals surface area contributed by atoms with E-state index in [4.69, 9.17) is 27.9 Å². The molecule has 0 radical (unpaired) electrons. The maximum atomic E-state index is 13.4. The van der Waals surface area contributed by atoms with E-state index < -0.39 is 11.6 Å². The minimum Gasteiger partial charge on any atom is -0.495 e. The third-order valence-corrected chi connectivity index (χ3v) is 6.40. The number of nitrogens with one attached hydrogen (secondary N) is 1. The summed E-state index contributed by atoms with van der Waals surface area (Å²) in [5.41, 5.74) is 3.16. The normalized spacial score (nSPS) is 11.9. The Hall–Kier alpha value is -4.28. The zero-order chi connectivity index (χ0) is 26.8. The number of pyridine rings is 1. The molecule has 5 aromatic rings. The van der Waals surface area contributed by atoms with Gasteiger partial charge in [-0.2, -0.15) is 0 Å². The third kappa shape index (κ3) is 4.96. The molecule has 0 fully saturated rings. The first kappa shape index (κ1) is 25.4. The van der Waals surface area contributed by atoms with Crippen molar-refractivity contribution < 1.29 is 9.53 Å². The van der Waals surface area contributed by atoms with Crippen LogP contribution in [-0.2, 0) is 4.79 Å². The van der Waals surface area contributed by atoms with Crippen LogP contribution in [0, 0.1) is 0 Å². The molecule has 0 bridgehead atoms. The lowest BCUT2D eigenvalue weighted by atomic mass is 10.0. The van der Waals surface area contributed by atoms with Gasteiger partial charge < -0.3 is 10.1 Å². The number of ether oxygens (including phenoxy) is 1. The lowest BCUT2D eigenvalue weighted by Gasteiger charge is -2.21. The number of benzene rings is 2.